The van der Waals surface area contributed by atoms with Gasteiger partial charge in [-0.15, -0.1) is 0 Å². The van der Waals surface area contributed by atoms with Crippen molar-refractivity contribution >= 4 is 39.5 Å². The van der Waals surface area contributed by atoms with Crippen LogP contribution in [0.15, 0.2) is 35.7 Å². The number of hydrogen-bond donors (Lipinski definition) is 2. The molecule has 0 aliphatic carbocycles. The lowest BCUT2D eigenvalue weighted by Gasteiger charge is -2.41. The van der Waals surface area contributed by atoms with Crippen LogP contribution < -0.4 is 15.8 Å². The number of rotatable bonds is 6. The lowest BCUT2D eigenvalue weighted by Crippen LogP contribution is -2.43. The fraction of sp³-hybridized carbons (Fsp3) is 0.364. The van der Waals surface area contributed by atoms with Crippen molar-refractivity contribution in [2.24, 2.45) is 10.7 Å². The van der Waals surface area contributed by atoms with Crippen LogP contribution >= 0.6 is 11.8 Å². The molecule has 0 spiro atoms. The fourth-order valence-corrected chi connectivity index (χ4v) is 5.46. The maximum Gasteiger partial charge on any atom is 0.164 e. The molecule has 8 nitrogen and oxygen atoms in total. The Morgan fingerprint density at radius 2 is 1.94 bits per heavy atom. The van der Waals surface area contributed by atoms with Gasteiger partial charge in [-0.1, -0.05) is 11.8 Å². The molecule has 2 aromatic heterocycles. The van der Waals surface area contributed by atoms with Crippen LogP contribution in [0.25, 0.3) is 11.0 Å². The van der Waals surface area contributed by atoms with E-state index in [9.17, 15) is 4.39 Å². The van der Waals surface area contributed by atoms with E-state index >= 15 is 4.39 Å². The molecule has 0 bridgehead atoms. The number of fused-ring (bicyclic) bond motifs is 1. The van der Waals surface area contributed by atoms with Crippen LogP contribution in [0.1, 0.15) is 25.8 Å². The molecule has 0 radical (unpaired) electrons. The molecule has 1 aromatic carbocycles. The van der Waals surface area contributed by atoms with Crippen molar-refractivity contribution in [3.63, 3.8) is 0 Å². The van der Waals surface area contributed by atoms with E-state index in [1.807, 2.05) is 6.92 Å². The Labute approximate surface area is 194 Å². The van der Waals surface area contributed by atoms with Gasteiger partial charge in [0.1, 0.15) is 17.6 Å². The number of hydrogen-bond acceptors (Lipinski definition) is 9. The van der Waals surface area contributed by atoms with Gasteiger partial charge in [-0.05, 0) is 26.3 Å². The second-order valence-electron chi connectivity index (χ2n) is 8.30. The predicted molar refractivity (Wildman–Crippen MR) is 125 cm³/mol. The standard InChI is InChI=1S/C22H24F2N6O2S/c1-21(10-31-3)9-22(2,30-20(25)33-21)14-5-12(6-15(23)17(14)24)29-19-18-16(27-11-28-19)7-13(32-4)8-26-18/h5-8,11H,9-10H2,1-4H3,(H2,25,30)(H,27,28,29)/t21-,22+/m1/s1. The van der Waals surface area contributed by atoms with Gasteiger partial charge >= 0.3 is 0 Å². The van der Waals surface area contributed by atoms with Crippen molar-refractivity contribution < 1.29 is 18.3 Å². The predicted octanol–water partition coefficient (Wildman–Crippen LogP) is 4.13. The number of nitrogens with two attached hydrogens (primary N) is 1. The van der Waals surface area contributed by atoms with Gasteiger partial charge in [0, 0.05) is 35.2 Å². The van der Waals surface area contributed by atoms with Crippen molar-refractivity contribution in [1.29, 1.82) is 0 Å². The molecule has 3 N–H and O–H groups in total. The number of aromatic nitrogens is 3. The van der Waals surface area contributed by atoms with Crippen LogP contribution in [-0.2, 0) is 10.3 Å². The topological polar surface area (TPSA) is 108 Å². The van der Waals surface area contributed by atoms with Crippen molar-refractivity contribution in [1.82, 2.24) is 15.0 Å². The molecule has 11 heteroatoms. The van der Waals surface area contributed by atoms with E-state index in [1.54, 1.807) is 20.1 Å². The molecule has 2 atom stereocenters. The Bertz CT molecular complexity index is 1240. The highest BCUT2D eigenvalue weighted by Crippen LogP contribution is 2.46. The number of nitrogens with one attached hydrogen (secondary N) is 1. The number of aliphatic imine (C=N–C) groups is 1. The van der Waals surface area contributed by atoms with E-state index in [1.165, 1.54) is 37.5 Å². The normalized spacial score (nSPS) is 22.8. The summed E-state index contributed by atoms with van der Waals surface area (Å²) >= 11 is 1.37. The third-order valence-corrected chi connectivity index (χ3v) is 6.49. The highest BCUT2D eigenvalue weighted by atomic mass is 32.2. The zero-order chi connectivity index (χ0) is 23.8. The molecule has 0 unspecified atom stereocenters. The minimum atomic E-state index is -1.09. The van der Waals surface area contributed by atoms with E-state index in [0.29, 0.717) is 46.5 Å². The molecular weight excluding hydrogens is 450 g/mol. The minimum absolute atomic E-state index is 0.0866. The molecule has 0 saturated heterocycles. The summed E-state index contributed by atoms with van der Waals surface area (Å²) < 4.78 is 39.8. The first-order valence-corrected chi connectivity index (χ1v) is 10.9. The van der Waals surface area contributed by atoms with E-state index in [2.05, 4.69) is 25.3 Å². The van der Waals surface area contributed by atoms with Gasteiger partial charge in [0.25, 0.3) is 0 Å². The summed E-state index contributed by atoms with van der Waals surface area (Å²) in [5.74, 6) is -1.09. The average molecular weight is 475 g/mol. The maximum atomic E-state index is 15.0. The second kappa shape index (κ2) is 8.71. The van der Waals surface area contributed by atoms with Gasteiger partial charge in [-0.25, -0.2) is 23.7 Å². The summed E-state index contributed by atoms with van der Waals surface area (Å²) in [6, 6.07) is 4.30. The zero-order valence-corrected chi connectivity index (χ0v) is 19.5. The summed E-state index contributed by atoms with van der Waals surface area (Å²) in [6.07, 6.45) is 3.28. The lowest BCUT2D eigenvalue weighted by molar-refractivity contribution is 0.157. The minimum Gasteiger partial charge on any atom is -0.495 e. The third-order valence-electron chi connectivity index (χ3n) is 5.43. The molecule has 1 aliphatic rings. The van der Waals surface area contributed by atoms with Crippen molar-refractivity contribution in [2.75, 3.05) is 26.1 Å². The average Bonchev–Trinajstić information content (AvgIpc) is 2.74. The largest absolute Gasteiger partial charge is 0.495 e. The lowest BCUT2D eigenvalue weighted by atomic mass is 9.83. The molecule has 0 fully saturated rings. The smallest absolute Gasteiger partial charge is 0.164 e. The van der Waals surface area contributed by atoms with Crippen LogP contribution in [0.4, 0.5) is 20.3 Å². The quantitative estimate of drug-likeness (QED) is 0.549. The number of halogens is 2. The molecule has 1 aliphatic heterocycles. The molecule has 3 heterocycles. The van der Waals surface area contributed by atoms with Crippen LogP contribution in [0, 0.1) is 11.6 Å². The SMILES string of the molecule is COC[C@@]1(C)C[C@@](C)(c2cc(Nc3ncnc4cc(OC)cnc34)cc(F)c2F)N=C(N)S1. The summed E-state index contributed by atoms with van der Waals surface area (Å²) in [5.41, 5.74) is 6.37. The molecule has 174 valence electrons. The van der Waals surface area contributed by atoms with Crippen LogP contribution in [0.3, 0.4) is 0 Å². The van der Waals surface area contributed by atoms with Gasteiger partial charge in [-0.3, -0.25) is 4.99 Å². The monoisotopic (exact) mass is 474 g/mol. The molecular formula is C22H24F2N6O2S. The first-order valence-electron chi connectivity index (χ1n) is 10.1. The molecule has 0 saturated carbocycles. The Morgan fingerprint density at radius 1 is 1.15 bits per heavy atom. The Kier molecular flexibility index (Phi) is 6.10. The van der Waals surface area contributed by atoms with Gasteiger partial charge < -0.3 is 20.5 Å². The van der Waals surface area contributed by atoms with E-state index in [0.717, 1.165) is 6.07 Å². The number of amidine groups is 1. The van der Waals surface area contributed by atoms with Crippen LogP contribution in [0.5, 0.6) is 5.75 Å². The van der Waals surface area contributed by atoms with Gasteiger partial charge in [-0.2, -0.15) is 0 Å². The number of benzene rings is 1. The summed E-state index contributed by atoms with van der Waals surface area (Å²) in [6.45, 7) is 4.08. The van der Waals surface area contributed by atoms with Gasteiger partial charge in [0.15, 0.2) is 22.6 Å². The maximum absolute atomic E-state index is 15.0. The Morgan fingerprint density at radius 3 is 2.67 bits per heavy atom. The Hall–Kier alpha value is -3.05. The van der Waals surface area contributed by atoms with E-state index in [-0.39, 0.29) is 5.56 Å². The number of methoxy groups -OCH3 is 2. The summed E-state index contributed by atoms with van der Waals surface area (Å²) in [4.78, 5) is 17.2. The highest BCUT2D eigenvalue weighted by molar-refractivity contribution is 8.15. The van der Waals surface area contributed by atoms with Crippen molar-refractivity contribution in [3.8, 4) is 5.75 Å². The van der Waals surface area contributed by atoms with E-state index in [4.69, 9.17) is 15.2 Å². The number of anilines is 2. The summed E-state index contributed by atoms with van der Waals surface area (Å²) in [5, 5.41) is 3.33. The van der Waals surface area contributed by atoms with Gasteiger partial charge in [0.2, 0.25) is 0 Å². The number of pyridine rings is 1. The second-order valence-corrected chi connectivity index (χ2v) is 9.90. The highest BCUT2D eigenvalue weighted by Gasteiger charge is 2.44. The van der Waals surface area contributed by atoms with Crippen LogP contribution in [-0.4, -0.2) is 45.7 Å². The molecule has 0 amide bonds. The number of ether oxygens (including phenoxy) is 2. The Balaban J connectivity index is 1.76. The van der Waals surface area contributed by atoms with Crippen molar-refractivity contribution in [2.45, 2.75) is 30.6 Å². The van der Waals surface area contributed by atoms with Crippen LogP contribution in [0.2, 0.25) is 0 Å². The number of nitrogens with zero attached hydrogens (tertiary/aromatic N) is 4. The zero-order valence-electron chi connectivity index (χ0n) is 18.6. The van der Waals surface area contributed by atoms with Gasteiger partial charge in [0.05, 0.1) is 31.0 Å². The molecule has 33 heavy (non-hydrogen) atoms. The third kappa shape index (κ3) is 4.55. The summed E-state index contributed by atoms with van der Waals surface area (Å²) in [7, 11) is 3.12. The molecule has 3 aromatic rings. The van der Waals surface area contributed by atoms with Crippen molar-refractivity contribution in [3.05, 3.63) is 47.9 Å². The van der Waals surface area contributed by atoms with E-state index < -0.39 is 21.9 Å². The number of thioether (sulfide) groups is 1. The molecule has 4 rings (SSSR count). The first-order chi connectivity index (χ1) is 15.7. The first kappa shape index (κ1) is 23.1. The fourth-order valence-electron chi connectivity index (χ4n) is 4.18.